The Bertz CT molecular complexity index is 1440. The van der Waals surface area contributed by atoms with Crippen molar-refractivity contribution in [2.24, 2.45) is 0 Å². The molecule has 1 aromatic heterocycles. The predicted octanol–water partition coefficient (Wildman–Crippen LogP) is 2.60. The minimum absolute atomic E-state index is 0.0241. The van der Waals surface area contributed by atoms with Crippen LogP contribution in [-0.4, -0.2) is 125 Å². The Kier molecular flexibility index (Phi) is 10.3. The summed E-state index contributed by atoms with van der Waals surface area (Å²) in [6.45, 7) is 7.62. The zero-order chi connectivity index (χ0) is 31.6. The molecule has 0 bridgehead atoms. The van der Waals surface area contributed by atoms with Crippen LogP contribution in [0.25, 0.3) is 11.3 Å². The van der Waals surface area contributed by atoms with Crippen molar-refractivity contribution in [3.63, 3.8) is 0 Å². The second-order valence-electron chi connectivity index (χ2n) is 11.9. The summed E-state index contributed by atoms with van der Waals surface area (Å²) in [5.41, 5.74) is 1.67. The third-order valence-electron chi connectivity index (χ3n) is 8.66. The van der Waals surface area contributed by atoms with Crippen molar-refractivity contribution >= 4 is 27.7 Å². The molecule has 244 valence electrons. The number of carbonyl (C=O) groups excluding carboxylic acids is 1. The number of amides is 1. The van der Waals surface area contributed by atoms with Gasteiger partial charge in [-0.05, 0) is 38.1 Å². The van der Waals surface area contributed by atoms with Gasteiger partial charge in [-0.2, -0.15) is 22.6 Å². The number of β-amino-alcohol motifs (C(OH)–C–C–N with tert-alkyl or cyclic N) is 1. The first-order valence-corrected chi connectivity index (χ1v) is 17.9. The minimum Gasteiger partial charge on any atom is -0.390 e. The zero-order valence-corrected chi connectivity index (χ0v) is 26.9. The highest BCUT2D eigenvalue weighted by molar-refractivity contribution is 7.99. The SMILES string of the molecule is CC(=O)N1CCN(CCSc2cc(-c3nn(CC(O)CN4CCCC4)c4c3CN(S(C)(=O)=O)CC4)ccc2C(F)(F)F)CC1. The van der Waals surface area contributed by atoms with E-state index in [0.29, 0.717) is 68.3 Å². The number of benzene rings is 1. The quantitative estimate of drug-likeness (QED) is 0.389. The van der Waals surface area contributed by atoms with Crippen LogP contribution in [0.1, 0.15) is 36.6 Å². The molecule has 0 spiro atoms. The Hall–Kier alpha value is -2.17. The second-order valence-corrected chi connectivity index (χ2v) is 15.0. The number of aliphatic hydroxyl groups excluding tert-OH is 1. The van der Waals surface area contributed by atoms with Crippen molar-refractivity contribution in [2.45, 2.75) is 56.5 Å². The predicted molar refractivity (Wildman–Crippen MR) is 163 cm³/mol. The van der Waals surface area contributed by atoms with Crippen molar-refractivity contribution in [2.75, 3.05) is 70.9 Å². The molecule has 0 radical (unpaired) electrons. The number of hydrogen-bond donors (Lipinski definition) is 1. The van der Waals surface area contributed by atoms with Crippen LogP contribution in [0, 0.1) is 0 Å². The summed E-state index contributed by atoms with van der Waals surface area (Å²) in [5.74, 6) is 0.458. The van der Waals surface area contributed by atoms with Crippen LogP contribution in [0.15, 0.2) is 23.1 Å². The molecule has 1 N–H and O–H groups in total. The van der Waals surface area contributed by atoms with E-state index in [2.05, 4.69) is 9.80 Å². The average Bonchev–Trinajstić information content (AvgIpc) is 3.60. The fraction of sp³-hybridized carbons (Fsp3) is 0.655. The molecule has 0 saturated carbocycles. The van der Waals surface area contributed by atoms with Gasteiger partial charge in [0.1, 0.15) is 0 Å². The standard InChI is InChI=1S/C29H41F3N6O4S2/c1-21(39)36-13-11-34(12-14-36)15-16-43-27-17-22(5-6-25(27)29(30,31)32)28-24-20-37(44(2,41)42)10-7-26(24)38(33-28)19-23(40)18-35-8-3-4-9-35/h5-6,17,23,40H,3-4,7-16,18-20H2,1-2H3. The number of aliphatic hydroxyl groups is 1. The van der Waals surface area contributed by atoms with Gasteiger partial charge in [0, 0.05) is 93.2 Å². The maximum Gasteiger partial charge on any atom is 0.417 e. The van der Waals surface area contributed by atoms with Gasteiger partial charge in [-0.15, -0.1) is 11.8 Å². The van der Waals surface area contributed by atoms with Crippen LogP contribution in [0.2, 0.25) is 0 Å². The second kappa shape index (κ2) is 13.7. The first-order chi connectivity index (χ1) is 20.8. The summed E-state index contributed by atoms with van der Waals surface area (Å²) in [5, 5.41) is 15.7. The number of hydrogen-bond acceptors (Lipinski definition) is 8. The molecule has 0 aliphatic carbocycles. The van der Waals surface area contributed by atoms with Gasteiger partial charge < -0.3 is 14.9 Å². The lowest BCUT2D eigenvalue weighted by Crippen LogP contribution is -2.48. The molecule has 44 heavy (non-hydrogen) atoms. The first-order valence-electron chi connectivity index (χ1n) is 15.1. The highest BCUT2D eigenvalue weighted by atomic mass is 32.2. The summed E-state index contributed by atoms with van der Waals surface area (Å²) >= 11 is 1.13. The number of rotatable bonds is 10. The molecule has 1 aromatic carbocycles. The molecular formula is C29H41F3N6O4S2. The van der Waals surface area contributed by atoms with Gasteiger partial charge in [-0.3, -0.25) is 14.4 Å². The van der Waals surface area contributed by atoms with E-state index in [9.17, 15) is 31.5 Å². The van der Waals surface area contributed by atoms with Crippen molar-refractivity contribution in [1.82, 2.24) is 28.8 Å². The van der Waals surface area contributed by atoms with Crippen molar-refractivity contribution < 1.29 is 31.5 Å². The molecular weight excluding hydrogens is 617 g/mol. The van der Waals surface area contributed by atoms with E-state index < -0.39 is 27.9 Å². The number of halogens is 3. The summed E-state index contributed by atoms with van der Waals surface area (Å²) in [7, 11) is -3.50. The summed E-state index contributed by atoms with van der Waals surface area (Å²) in [6, 6.07) is 3.99. The van der Waals surface area contributed by atoms with E-state index in [1.807, 2.05) is 0 Å². The van der Waals surface area contributed by atoms with Gasteiger partial charge in [-0.1, -0.05) is 6.07 Å². The smallest absolute Gasteiger partial charge is 0.390 e. The summed E-state index contributed by atoms with van der Waals surface area (Å²) in [4.78, 5) is 17.8. The molecule has 5 rings (SSSR count). The number of thioether (sulfide) groups is 1. The van der Waals surface area contributed by atoms with Crippen LogP contribution < -0.4 is 0 Å². The van der Waals surface area contributed by atoms with E-state index in [0.717, 1.165) is 55.7 Å². The van der Waals surface area contributed by atoms with Gasteiger partial charge in [0.25, 0.3) is 0 Å². The van der Waals surface area contributed by atoms with Crippen molar-refractivity contribution in [1.29, 1.82) is 0 Å². The number of carbonyl (C=O) groups is 1. The van der Waals surface area contributed by atoms with Crippen LogP contribution in [-0.2, 0) is 40.5 Å². The Balaban J connectivity index is 1.40. The monoisotopic (exact) mass is 658 g/mol. The van der Waals surface area contributed by atoms with E-state index in [4.69, 9.17) is 5.10 Å². The number of likely N-dealkylation sites (tertiary alicyclic amines) is 1. The molecule has 2 aromatic rings. The Morgan fingerprint density at radius 1 is 1.05 bits per heavy atom. The lowest BCUT2D eigenvalue weighted by Gasteiger charge is -2.34. The molecule has 2 saturated heterocycles. The topological polar surface area (TPSA) is 102 Å². The molecule has 1 amide bonds. The maximum absolute atomic E-state index is 14.1. The van der Waals surface area contributed by atoms with Crippen LogP contribution in [0.5, 0.6) is 0 Å². The van der Waals surface area contributed by atoms with Gasteiger partial charge >= 0.3 is 6.18 Å². The summed E-state index contributed by atoms with van der Waals surface area (Å²) in [6.07, 6.45) is -1.49. The lowest BCUT2D eigenvalue weighted by atomic mass is 10.0. The largest absolute Gasteiger partial charge is 0.417 e. The Morgan fingerprint density at radius 2 is 1.75 bits per heavy atom. The van der Waals surface area contributed by atoms with Crippen molar-refractivity contribution in [3.8, 4) is 11.3 Å². The first kappa shape index (κ1) is 33.2. The maximum atomic E-state index is 14.1. The van der Waals surface area contributed by atoms with Gasteiger partial charge in [-0.25, -0.2) is 8.42 Å². The number of piperazine rings is 1. The molecule has 3 aliphatic rings. The fourth-order valence-corrected chi connectivity index (χ4v) is 8.15. The molecule has 4 heterocycles. The van der Waals surface area contributed by atoms with E-state index in [-0.39, 0.29) is 30.4 Å². The molecule has 1 atom stereocenters. The average molecular weight is 659 g/mol. The third-order valence-corrected chi connectivity index (χ3v) is 10.9. The van der Waals surface area contributed by atoms with E-state index in [1.165, 1.54) is 23.4 Å². The van der Waals surface area contributed by atoms with Gasteiger partial charge in [0.15, 0.2) is 0 Å². The van der Waals surface area contributed by atoms with Crippen LogP contribution >= 0.6 is 11.8 Å². The normalized spacial score (nSPS) is 19.8. The number of nitrogens with zero attached hydrogens (tertiary/aromatic N) is 6. The molecule has 2 fully saturated rings. The number of sulfonamides is 1. The fourth-order valence-electron chi connectivity index (χ4n) is 6.25. The van der Waals surface area contributed by atoms with Crippen molar-refractivity contribution in [3.05, 3.63) is 35.0 Å². The minimum atomic E-state index is -4.54. The van der Waals surface area contributed by atoms with Crippen LogP contribution in [0.4, 0.5) is 13.2 Å². The van der Waals surface area contributed by atoms with Crippen LogP contribution in [0.3, 0.4) is 0 Å². The number of fused-ring (bicyclic) bond motifs is 1. The molecule has 15 heteroatoms. The van der Waals surface area contributed by atoms with Gasteiger partial charge in [0.05, 0.1) is 30.2 Å². The van der Waals surface area contributed by atoms with E-state index >= 15 is 0 Å². The Morgan fingerprint density at radius 3 is 2.39 bits per heavy atom. The van der Waals surface area contributed by atoms with Gasteiger partial charge in [0.2, 0.25) is 15.9 Å². The molecule has 3 aliphatic heterocycles. The molecule has 1 unspecified atom stereocenters. The molecule has 10 nitrogen and oxygen atoms in total. The highest BCUT2D eigenvalue weighted by Crippen LogP contribution is 2.40. The highest BCUT2D eigenvalue weighted by Gasteiger charge is 2.35. The summed E-state index contributed by atoms with van der Waals surface area (Å²) < 4.78 is 70.1. The Labute approximate surface area is 261 Å². The third kappa shape index (κ3) is 7.97. The lowest BCUT2D eigenvalue weighted by molar-refractivity contribution is -0.139. The number of alkyl halides is 3. The number of aromatic nitrogens is 2. The van der Waals surface area contributed by atoms with E-state index in [1.54, 1.807) is 9.58 Å². The zero-order valence-electron chi connectivity index (χ0n) is 25.2.